The number of hydrogen-bond acceptors (Lipinski definition) is 3. The minimum atomic E-state index is 0. The summed E-state index contributed by atoms with van der Waals surface area (Å²) in [5, 5.41) is 8.74. The first-order valence-corrected chi connectivity index (χ1v) is 16.1. The number of rotatable bonds is 11. The molecule has 0 bridgehead atoms. The Kier molecular flexibility index (Phi) is 28.9. The molecule has 4 rings (SSSR count). The number of aromatic nitrogens is 4. The average molecular weight is 675 g/mol. The second-order valence-electron chi connectivity index (χ2n) is 13.3. The van der Waals surface area contributed by atoms with Gasteiger partial charge in [0.15, 0.2) is 11.6 Å². The van der Waals surface area contributed by atoms with E-state index in [-0.39, 0.29) is 48.7 Å². The van der Waals surface area contributed by atoms with Crippen LogP contribution in [-0.2, 0) is 29.2 Å². The molecule has 1 aliphatic carbocycles. The van der Waals surface area contributed by atoms with Crippen LogP contribution in [0, 0.1) is 23.7 Å². The van der Waals surface area contributed by atoms with Gasteiger partial charge in [-0.25, -0.2) is 18.3 Å². The van der Waals surface area contributed by atoms with Gasteiger partial charge in [-0.15, -0.1) is 0 Å². The van der Waals surface area contributed by atoms with Crippen LogP contribution in [0.2, 0.25) is 0 Å². The van der Waals surface area contributed by atoms with Gasteiger partial charge in [0.25, 0.3) is 0 Å². The molecule has 1 aliphatic heterocycles. The second-order valence-corrected chi connectivity index (χ2v) is 13.3. The van der Waals surface area contributed by atoms with Crippen molar-refractivity contribution in [1.82, 2.24) is 9.13 Å². The predicted octanol–water partition coefficient (Wildman–Crippen LogP) is 7.38. The molecule has 2 aromatic rings. The molecule has 2 aliphatic rings. The maximum absolute atomic E-state index is 11.1. The molecule has 2 aromatic heterocycles. The molecule has 1 saturated carbocycles. The van der Waals surface area contributed by atoms with E-state index in [0.29, 0.717) is 19.1 Å². The first-order chi connectivity index (χ1) is 20.4. The average Bonchev–Trinajstić information content (AvgIpc) is 3.70. The van der Waals surface area contributed by atoms with Crippen molar-refractivity contribution < 1.29 is 28.3 Å². The number of Topliss-reactive ketones (excluding diaryl/α,β-unsaturated/α-hetero) is 2. The fourth-order valence-corrected chi connectivity index (χ4v) is 5.36. The SMILES string of the molecule is C.C.C.C.C.CC(=O)C[n+]1ccn(C(C)C)c1.CC(=O)C[n+]1ccn(CC2CCC(C(C)C)C2)c1.CC(C)CC[N+]1=CCC(=BO)C=C1. The predicted molar refractivity (Wildman–Crippen MR) is 208 cm³/mol. The van der Waals surface area contributed by atoms with Gasteiger partial charge < -0.3 is 0 Å². The molecular weight excluding hydrogens is 597 g/mol. The Balaban J connectivity index is -0.000000294. The monoisotopic (exact) mass is 675 g/mol. The van der Waals surface area contributed by atoms with Crippen molar-refractivity contribution in [3.8, 4) is 0 Å². The Labute approximate surface area is 297 Å². The van der Waals surface area contributed by atoms with E-state index in [1.165, 1.54) is 32.8 Å². The van der Waals surface area contributed by atoms with Gasteiger partial charge in [0.1, 0.15) is 37.9 Å². The van der Waals surface area contributed by atoms with Gasteiger partial charge in [0.05, 0.1) is 12.6 Å². The summed E-state index contributed by atoms with van der Waals surface area (Å²) in [5.74, 6) is 3.68. The summed E-state index contributed by atoms with van der Waals surface area (Å²) in [6, 6.07) is 0.457. The van der Waals surface area contributed by atoms with E-state index in [2.05, 4.69) is 74.0 Å². The molecule has 0 saturated heterocycles. The molecule has 0 amide bonds. The Hall–Kier alpha value is -3.10. The van der Waals surface area contributed by atoms with Crippen LogP contribution >= 0.6 is 0 Å². The number of imidazole rings is 2. The van der Waals surface area contributed by atoms with E-state index in [1.54, 1.807) is 13.8 Å². The van der Waals surface area contributed by atoms with Gasteiger partial charge in [0, 0.05) is 0 Å². The summed E-state index contributed by atoms with van der Waals surface area (Å²) in [6.45, 7) is 19.7. The summed E-state index contributed by atoms with van der Waals surface area (Å²) in [5.41, 5.74) is 0.973. The molecule has 0 spiro atoms. The Bertz CT molecular complexity index is 1240. The van der Waals surface area contributed by atoms with Gasteiger partial charge in [-0.3, -0.25) is 9.59 Å². The summed E-state index contributed by atoms with van der Waals surface area (Å²) in [4.78, 5) is 21.8. The minimum absolute atomic E-state index is 0. The first-order valence-electron chi connectivity index (χ1n) is 16.1. The third kappa shape index (κ3) is 20.3. The van der Waals surface area contributed by atoms with Crippen molar-refractivity contribution in [2.24, 2.45) is 23.7 Å². The normalized spacial score (nSPS) is 16.7. The maximum atomic E-state index is 11.1. The Morgan fingerprint density at radius 3 is 1.92 bits per heavy atom. The van der Waals surface area contributed by atoms with Crippen LogP contribution in [0.25, 0.3) is 0 Å². The topological polar surface area (TPSA) is 75.0 Å². The molecule has 1 fully saturated rings. The molecule has 1 N–H and O–H groups in total. The van der Waals surface area contributed by atoms with Crippen LogP contribution in [0.5, 0.6) is 0 Å². The second kappa shape index (κ2) is 26.8. The molecule has 48 heavy (non-hydrogen) atoms. The van der Waals surface area contributed by atoms with E-state index < -0.39 is 0 Å². The van der Waals surface area contributed by atoms with Crippen LogP contribution in [-0.4, -0.2) is 55.6 Å². The van der Waals surface area contributed by atoms with E-state index >= 15 is 0 Å². The molecule has 0 aromatic carbocycles. The van der Waals surface area contributed by atoms with Gasteiger partial charge in [-0.2, -0.15) is 0 Å². The molecule has 2 atom stereocenters. The van der Waals surface area contributed by atoms with E-state index in [1.807, 2.05) is 46.3 Å². The van der Waals surface area contributed by atoms with Crippen molar-refractivity contribution >= 4 is 30.4 Å². The molecular formula is C39H77BN5O3+3. The van der Waals surface area contributed by atoms with E-state index in [0.717, 1.165) is 48.6 Å². The van der Waals surface area contributed by atoms with Gasteiger partial charge in [0.2, 0.25) is 12.7 Å². The van der Waals surface area contributed by atoms with Crippen LogP contribution in [0.3, 0.4) is 0 Å². The summed E-state index contributed by atoms with van der Waals surface area (Å²) >= 11 is 0. The molecule has 276 valence electrons. The zero-order chi connectivity index (χ0) is 31.9. The Morgan fingerprint density at radius 1 is 0.896 bits per heavy atom. The van der Waals surface area contributed by atoms with Crippen molar-refractivity contribution in [3.05, 3.63) is 49.7 Å². The number of allylic oxidation sites excluding steroid dienone is 1. The molecule has 0 radical (unpaired) electrons. The quantitative estimate of drug-likeness (QED) is 0.200. The van der Waals surface area contributed by atoms with Gasteiger partial charge in [-0.1, -0.05) is 51.0 Å². The molecule has 3 heterocycles. The third-order valence-corrected chi connectivity index (χ3v) is 8.03. The standard InChI is InChI=1S/C15H25N2O.C10H17BNO.C9H15N2O.5CH4/c1-12(2)15-5-4-14(8-15)10-17-7-6-16(11-17)9-13(3)18;1-9(2)3-6-12-7-4-10(11-13)5-8-12;1-8(2)11-5-4-10(7-11)6-9(3)12;;;;;/h6-7,11-12,14-15H,4-5,8-10H2,1-3H3;4,7-9,13H,3,5-6H2,1-2H3;4-5,7-8H,6H2,1-3H3;5*1H4/q3*+1;;;;;. The van der Waals surface area contributed by atoms with E-state index in [4.69, 9.17) is 5.02 Å². The van der Waals surface area contributed by atoms with Gasteiger partial charge >= 0.3 is 79.8 Å². The van der Waals surface area contributed by atoms with Crippen molar-refractivity contribution in [3.63, 3.8) is 0 Å². The first kappa shape index (κ1) is 51.7. The van der Waals surface area contributed by atoms with Crippen LogP contribution in [0.15, 0.2) is 49.7 Å². The number of carbonyl (C=O) groups excluding carboxylic acids is 2. The molecule has 8 nitrogen and oxygen atoms in total. The summed E-state index contributed by atoms with van der Waals surface area (Å²) < 4.78 is 10.4. The zero-order valence-electron chi connectivity index (χ0n) is 28.0. The number of nitrogens with zero attached hydrogens (tertiary/aromatic N) is 5. The Morgan fingerprint density at radius 2 is 1.48 bits per heavy atom. The third-order valence-electron chi connectivity index (χ3n) is 8.03. The van der Waals surface area contributed by atoms with E-state index in [9.17, 15) is 9.59 Å². The zero-order valence-corrected chi connectivity index (χ0v) is 28.0. The fourth-order valence-electron chi connectivity index (χ4n) is 5.36. The number of carbonyl (C=O) groups is 2. The number of ketones is 2. The summed E-state index contributed by atoms with van der Waals surface area (Å²) in [7, 11) is 1.17. The molecule has 9 heteroatoms. The van der Waals surface area contributed by atoms with Crippen molar-refractivity contribution in [2.75, 3.05) is 6.54 Å². The number of hydrogen-bond donors (Lipinski definition) is 1. The van der Waals surface area contributed by atoms with Crippen LogP contribution in [0.1, 0.15) is 131 Å². The van der Waals surface area contributed by atoms with Crippen molar-refractivity contribution in [2.45, 2.75) is 150 Å². The van der Waals surface area contributed by atoms with Crippen molar-refractivity contribution in [1.29, 1.82) is 0 Å². The van der Waals surface area contributed by atoms with Gasteiger partial charge in [-0.05, 0) is 64.7 Å². The fraction of sp³-hybridized carbons (Fsp3) is 0.692. The molecule has 2 unspecified atom stereocenters. The summed E-state index contributed by atoms with van der Waals surface area (Å²) in [6.07, 6.45) is 24.2. The van der Waals surface area contributed by atoms with Crippen LogP contribution < -0.4 is 9.13 Å². The van der Waals surface area contributed by atoms with Crippen LogP contribution in [0.4, 0.5) is 0 Å².